The Morgan fingerprint density at radius 2 is 1.79 bits per heavy atom. The van der Waals surface area contributed by atoms with Crippen LogP contribution in [0.15, 0.2) is 71.0 Å². The van der Waals surface area contributed by atoms with Crippen molar-refractivity contribution in [2.45, 2.75) is 105 Å². The van der Waals surface area contributed by atoms with Gasteiger partial charge in [0.25, 0.3) is 5.92 Å². The third-order valence-corrected chi connectivity index (χ3v) is 9.06. The molecule has 0 spiro atoms. The fourth-order valence-electron chi connectivity index (χ4n) is 5.69. The molecule has 1 aliphatic rings. The molecule has 1 atom stereocenters. The summed E-state index contributed by atoms with van der Waals surface area (Å²) in [5.41, 5.74) is 8.81. The van der Waals surface area contributed by atoms with Crippen LogP contribution in [0, 0.1) is 12.3 Å². The van der Waals surface area contributed by atoms with Crippen LogP contribution in [0.2, 0.25) is 0 Å². The summed E-state index contributed by atoms with van der Waals surface area (Å²) in [5, 5.41) is 0. The summed E-state index contributed by atoms with van der Waals surface area (Å²) in [5.74, 6) is -2.99. The van der Waals surface area contributed by atoms with Crippen LogP contribution in [-0.2, 0) is 11.3 Å². The second kappa shape index (κ2) is 12.1. The predicted molar refractivity (Wildman–Crippen MR) is 163 cm³/mol. The van der Waals surface area contributed by atoms with Gasteiger partial charge in [0.1, 0.15) is 5.69 Å². The monoisotopic (exact) mass is 532 g/mol. The zero-order valence-electron chi connectivity index (χ0n) is 25.2. The number of nitrogens with zero attached hydrogens (tertiary/aromatic N) is 2. The van der Waals surface area contributed by atoms with Gasteiger partial charge in [-0.3, -0.25) is 9.98 Å². The normalized spacial score (nSPS) is 17.9. The number of alkyl halides is 2. The van der Waals surface area contributed by atoms with Crippen molar-refractivity contribution >= 4 is 11.8 Å². The second-order valence-corrected chi connectivity index (χ2v) is 11.9. The number of pyridine rings is 1. The number of aryl methyl sites for hydroxylation is 1. The van der Waals surface area contributed by atoms with E-state index in [1.54, 1.807) is 18.5 Å². The molecule has 1 aromatic carbocycles. The summed E-state index contributed by atoms with van der Waals surface area (Å²) >= 11 is 0. The number of hydrogen-bond donors (Lipinski definition) is 0. The third-order valence-electron chi connectivity index (χ3n) is 9.06. The van der Waals surface area contributed by atoms with Crippen LogP contribution in [0.25, 0.3) is 5.57 Å². The molecule has 0 amide bonds. The fraction of sp³-hybridized carbons (Fsp3) is 0.486. The Hall–Kier alpha value is -2.88. The van der Waals surface area contributed by atoms with Gasteiger partial charge in [-0.05, 0) is 123 Å². The van der Waals surface area contributed by atoms with Gasteiger partial charge in [-0.25, -0.2) is 0 Å². The Balaban J connectivity index is 2.17. The topological polar surface area (TPSA) is 25.2 Å². The molecular formula is C35H46F2N2. The molecule has 1 heterocycles. The molecule has 1 saturated carbocycles. The average molecular weight is 533 g/mol. The number of halogens is 2. The summed E-state index contributed by atoms with van der Waals surface area (Å²) in [4.78, 5) is 8.56. The summed E-state index contributed by atoms with van der Waals surface area (Å²) in [6, 6.07) is 9.80. The molecule has 0 N–H and O–H groups in total. The lowest BCUT2D eigenvalue weighted by molar-refractivity contribution is 0.0127. The van der Waals surface area contributed by atoms with E-state index >= 15 is 0 Å². The van der Waals surface area contributed by atoms with Gasteiger partial charge in [0.05, 0.1) is 0 Å². The summed E-state index contributed by atoms with van der Waals surface area (Å²) < 4.78 is 27.9. The first kappa shape index (κ1) is 30.7. The van der Waals surface area contributed by atoms with E-state index in [0.29, 0.717) is 5.41 Å². The minimum Gasteiger partial charge on any atom is -0.269 e. The molecule has 39 heavy (non-hydrogen) atoms. The molecular weight excluding hydrogens is 486 g/mol. The first-order valence-electron chi connectivity index (χ1n) is 14.3. The zero-order valence-corrected chi connectivity index (χ0v) is 25.2. The summed E-state index contributed by atoms with van der Waals surface area (Å²) in [6.07, 6.45) is 12.3. The molecule has 1 aromatic heterocycles. The lowest BCUT2D eigenvalue weighted by atomic mass is 9.67. The summed E-state index contributed by atoms with van der Waals surface area (Å²) in [7, 11) is 0. The van der Waals surface area contributed by atoms with Gasteiger partial charge in [0.15, 0.2) is 0 Å². The predicted octanol–water partition coefficient (Wildman–Crippen LogP) is 10.5. The Morgan fingerprint density at radius 1 is 1.13 bits per heavy atom. The maximum Gasteiger partial charge on any atom is 0.286 e. The standard InChI is InChI=1S/C35H46F2N2/c1-10-24(3)30(17-20-33(7)18-12-19-33)27(6)31-21-28(14-13-25(31)4)34(8,26(5)22-38-11-2)29-15-16-32(39-23-29)35(9,36)37/h11,13-16,21-23H,3,10,12,17-20H2,1-2,4-9H3/b26-22+,30-27-,38-11-. The maximum atomic E-state index is 13.9. The Bertz CT molecular complexity index is 1270. The molecule has 1 aliphatic carbocycles. The molecule has 0 aliphatic heterocycles. The van der Waals surface area contributed by atoms with E-state index in [1.807, 2.05) is 20.0 Å². The molecule has 0 radical (unpaired) electrons. The van der Waals surface area contributed by atoms with E-state index in [2.05, 4.69) is 69.4 Å². The number of aliphatic imine (C=N–C) groups is 1. The van der Waals surface area contributed by atoms with Crippen molar-refractivity contribution in [1.82, 2.24) is 4.98 Å². The van der Waals surface area contributed by atoms with Crippen molar-refractivity contribution in [3.63, 3.8) is 0 Å². The molecule has 4 heteroatoms. The zero-order chi connectivity index (χ0) is 29.0. The number of aromatic nitrogens is 1. The van der Waals surface area contributed by atoms with Gasteiger partial charge in [0.2, 0.25) is 0 Å². The highest BCUT2D eigenvalue weighted by Crippen LogP contribution is 2.46. The molecule has 210 valence electrons. The van der Waals surface area contributed by atoms with Crippen LogP contribution in [0.3, 0.4) is 0 Å². The molecule has 1 unspecified atom stereocenters. The molecule has 0 bridgehead atoms. The van der Waals surface area contributed by atoms with E-state index in [4.69, 9.17) is 0 Å². The van der Waals surface area contributed by atoms with Crippen molar-refractivity contribution in [2.24, 2.45) is 10.4 Å². The van der Waals surface area contributed by atoms with Crippen LogP contribution < -0.4 is 0 Å². The van der Waals surface area contributed by atoms with E-state index in [9.17, 15) is 8.78 Å². The minimum atomic E-state index is -2.99. The van der Waals surface area contributed by atoms with Crippen LogP contribution in [-0.4, -0.2) is 11.2 Å². The lowest BCUT2D eigenvalue weighted by Crippen LogP contribution is -2.26. The van der Waals surface area contributed by atoms with Gasteiger partial charge < -0.3 is 0 Å². The first-order chi connectivity index (χ1) is 18.3. The molecule has 0 saturated heterocycles. The maximum absolute atomic E-state index is 13.9. The molecule has 3 rings (SSSR count). The highest BCUT2D eigenvalue weighted by atomic mass is 19.3. The number of allylic oxidation sites excluding steroid dienone is 4. The third kappa shape index (κ3) is 6.65. The SMILES string of the molecule is C=C(CC)/C(CCC1(C)CCC1)=C(/C)c1cc(C(C)(/C(C)=C/N=C\C)c2ccc(C(C)(F)F)nc2)ccc1C. The Labute approximate surface area is 235 Å². The summed E-state index contributed by atoms with van der Waals surface area (Å²) in [6.45, 7) is 20.4. The largest absolute Gasteiger partial charge is 0.286 e. The van der Waals surface area contributed by atoms with Crippen molar-refractivity contribution in [3.8, 4) is 0 Å². The lowest BCUT2D eigenvalue weighted by Gasteiger charge is -2.39. The number of hydrogen-bond acceptors (Lipinski definition) is 2. The van der Waals surface area contributed by atoms with Crippen molar-refractivity contribution < 1.29 is 8.78 Å². The van der Waals surface area contributed by atoms with Crippen LogP contribution in [0.4, 0.5) is 8.78 Å². The van der Waals surface area contributed by atoms with Crippen LogP contribution in [0.5, 0.6) is 0 Å². The Kier molecular flexibility index (Phi) is 9.51. The quantitative estimate of drug-likeness (QED) is 0.209. The van der Waals surface area contributed by atoms with Crippen molar-refractivity contribution in [1.29, 1.82) is 0 Å². The Morgan fingerprint density at radius 3 is 2.31 bits per heavy atom. The molecule has 2 nitrogen and oxygen atoms in total. The van der Waals surface area contributed by atoms with E-state index in [-0.39, 0.29) is 5.69 Å². The van der Waals surface area contributed by atoms with Gasteiger partial charge in [-0.2, -0.15) is 8.78 Å². The highest BCUT2D eigenvalue weighted by molar-refractivity contribution is 5.74. The average Bonchev–Trinajstić information content (AvgIpc) is 2.89. The molecule has 2 aromatic rings. The smallest absolute Gasteiger partial charge is 0.269 e. The number of benzene rings is 1. The van der Waals surface area contributed by atoms with E-state index in [1.165, 1.54) is 59.6 Å². The molecule has 1 fully saturated rings. The van der Waals surface area contributed by atoms with Crippen molar-refractivity contribution in [3.05, 3.63) is 94.0 Å². The minimum absolute atomic E-state index is 0.229. The van der Waals surface area contributed by atoms with Gasteiger partial charge >= 0.3 is 0 Å². The van der Waals surface area contributed by atoms with Crippen molar-refractivity contribution in [2.75, 3.05) is 0 Å². The van der Waals surface area contributed by atoms with Gasteiger partial charge in [0, 0.05) is 31.0 Å². The van der Waals surface area contributed by atoms with E-state index < -0.39 is 11.3 Å². The first-order valence-corrected chi connectivity index (χ1v) is 14.3. The fourth-order valence-corrected chi connectivity index (χ4v) is 5.69. The highest BCUT2D eigenvalue weighted by Gasteiger charge is 2.34. The number of rotatable bonds is 11. The van der Waals surface area contributed by atoms with Crippen LogP contribution >= 0.6 is 0 Å². The van der Waals surface area contributed by atoms with Gasteiger partial charge in [-0.1, -0.05) is 50.6 Å². The second-order valence-electron chi connectivity index (χ2n) is 11.9. The van der Waals surface area contributed by atoms with E-state index in [0.717, 1.165) is 36.5 Å². The van der Waals surface area contributed by atoms with Gasteiger partial charge in [-0.15, -0.1) is 0 Å². The van der Waals surface area contributed by atoms with Crippen LogP contribution in [0.1, 0.15) is 115 Å².